The summed E-state index contributed by atoms with van der Waals surface area (Å²) in [5.74, 6) is -0.657. The maximum absolute atomic E-state index is 12.7. The molecule has 7 nitrogen and oxygen atoms in total. The number of fused-ring (bicyclic) bond motifs is 2. The van der Waals surface area contributed by atoms with Crippen molar-refractivity contribution in [2.24, 2.45) is 0 Å². The van der Waals surface area contributed by atoms with E-state index in [2.05, 4.69) is 11.4 Å². The number of carbonyl (C=O) groups excluding carboxylic acids is 2. The summed E-state index contributed by atoms with van der Waals surface area (Å²) in [5.41, 5.74) is 1.09. The Balaban J connectivity index is 1.68. The van der Waals surface area contributed by atoms with Gasteiger partial charge in [-0.15, -0.1) is 11.3 Å². The molecule has 0 spiro atoms. The minimum atomic E-state index is -0.627. The number of hydrogen-bond acceptors (Lipinski definition) is 6. The summed E-state index contributed by atoms with van der Waals surface area (Å²) in [6.07, 6.45) is 1.69. The first-order valence-electron chi connectivity index (χ1n) is 8.61. The van der Waals surface area contributed by atoms with Crippen LogP contribution < -0.4 is 10.7 Å². The van der Waals surface area contributed by atoms with Gasteiger partial charge in [0.25, 0.3) is 5.91 Å². The summed E-state index contributed by atoms with van der Waals surface area (Å²) in [6.45, 7) is 2.46. The summed E-state index contributed by atoms with van der Waals surface area (Å²) in [6, 6.07) is 8.83. The SMILES string of the molecule is CC(=O)N1CCc2c(sc(NC(=O)c3coc4ccccc4c3=O)c2C#N)C1. The highest BCUT2D eigenvalue weighted by molar-refractivity contribution is 7.16. The maximum atomic E-state index is 12.7. The van der Waals surface area contributed by atoms with E-state index in [1.807, 2.05) is 0 Å². The second-order valence-corrected chi connectivity index (χ2v) is 7.54. The lowest BCUT2D eigenvalue weighted by atomic mass is 10.0. The minimum Gasteiger partial charge on any atom is -0.463 e. The second kappa shape index (κ2) is 6.94. The number of carbonyl (C=O) groups is 2. The van der Waals surface area contributed by atoms with Gasteiger partial charge in [0.2, 0.25) is 11.3 Å². The molecule has 4 rings (SSSR count). The first-order chi connectivity index (χ1) is 13.5. The van der Waals surface area contributed by atoms with E-state index in [0.29, 0.717) is 41.0 Å². The van der Waals surface area contributed by atoms with E-state index in [1.165, 1.54) is 18.3 Å². The summed E-state index contributed by atoms with van der Waals surface area (Å²) in [5, 5.41) is 12.9. The van der Waals surface area contributed by atoms with Crippen LogP contribution in [0.25, 0.3) is 11.0 Å². The monoisotopic (exact) mass is 393 g/mol. The molecule has 1 aliphatic rings. The molecule has 0 radical (unpaired) electrons. The van der Waals surface area contributed by atoms with Crippen LogP contribution in [0, 0.1) is 11.3 Å². The van der Waals surface area contributed by atoms with Crippen molar-refractivity contribution in [2.75, 3.05) is 11.9 Å². The normalized spacial score (nSPS) is 13.1. The van der Waals surface area contributed by atoms with Gasteiger partial charge in [0.15, 0.2) is 0 Å². The maximum Gasteiger partial charge on any atom is 0.263 e. The molecule has 1 aromatic carbocycles. The van der Waals surface area contributed by atoms with Gasteiger partial charge in [-0.1, -0.05) is 12.1 Å². The van der Waals surface area contributed by atoms with Gasteiger partial charge in [-0.05, 0) is 24.1 Å². The quantitative estimate of drug-likeness (QED) is 0.721. The Bertz CT molecular complexity index is 1220. The lowest BCUT2D eigenvalue weighted by molar-refractivity contribution is -0.129. The zero-order chi connectivity index (χ0) is 19.8. The fraction of sp³-hybridized carbons (Fsp3) is 0.200. The molecule has 0 bridgehead atoms. The molecule has 0 fully saturated rings. The van der Waals surface area contributed by atoms with E-state index in [4.69, 9.17) is 4.42 Å². The lowest BCUT2D eigenvalue weighted by Crippen LogP contribution is -2.33. The molecule has 1 aliphatic heterocycles. The van der Waals surface area contributed by atoms with Crippen molar-refractivity contribution in [1.82, 2.24) is 4.90 Å². The predicted molar refractivity (Wildman–Crippen MR) is 104 cm³/mol. The molecule has 8 heteroatoms. The summed E-state index contributed by atoms with van der Waals surface area (Å²) >= 11 is 1.26. The summed E-state index contributed by atoms with van der Waals surface area (Å²) in [4.78, 5) is 39.5. The molecule has 2 amide bonds. The van der Waals surface area contributed by atoms with Crippen LogP contribution in [0.2, 0.25) is 0 Å². The number of para-hydroxylation sites is 1. The molecule has 0 atom stereocenters. The fourth-order valence-electron chi connectivity index (χ4n) is 3.28. The molecule has 0 saturated carbocycles. The van der Waals surface area contributed by atoms with Crippen LogP contribution in [0.15, 0.2) is 39.7 Å². The molecule has 0 aliphatic carbocycles. The Morgan fingerprint density at radius 1 is 1.32 bits per heavy atom. The van der Waals surface area contributed by atoms with Gasteiger partial charge in [-0.3, -0.25) is 14.4 Å². The summed E-state index contributed by atoms with van der Waals surface area (Å²) < 4.78 is 5.39. The van der Waals surface area contributed by atoms with Crippen LogP contribution in [0.1, 0.15) is 33.3 Å². The van der Waals surface area contributed by atoms with Crippen LogP contribution in [-0.2, 0) is 17.8 Å². The smallest absolute Gasteiger partial charge is 0.263 e. The van der Waals surface area contributed by atoms with Gasteiger partial charge in [0.1, 0.15) is 28.5 Å². The Morgan fingerprint density at radius 3 is 2.86 bits per heavy atom. The van der Waals surface area contributed by atoms with E-state index in [1.54, 1.807) is 29.2 Å². The van der Waals surface area contributed by atoms with Gasteiger partial charge in [-0.25, -0.2) is 0 Å². The molecule has 1 N–H and O–H groups in total. The third-order valence-corrected chi connectivity index (χ3v) is 5.90. The average molecular weight is 393 g/mol. The third kappa shape index (κ3) is 2.96. The van der Waals surface area contributed by atoms with Gasteiger partial charge >= 0.3 is 0 Å². The van der Waals surface area contributed by atoms with E-state index in [9.17, 15) is 19.6 Å². The van der Waals surface area contributed by atoms with E-state index < -0.39 is 11.3 Å². The number of nitrogens with one attached hydrogen (secondary N) is 1. The van der Waals surface area contributed by atoms with Crippen molar-refractivity contribution in [3.63, 3.8) is 0 Å². The van der Waals surface area contributed by atoms with Crippen LogP contribution in [0.5, 0.6) is 0 Å². The largest absolute Gasteiger partial charge is 0.463 e. The number of benzene rings is 1. The fourth-order valence-corrected chi connectivity index (χ4v) is 4.49. The second-order valence-electron chi connectivity index (χ2n) is 6.44. The Labute approximate surface area is 163 Å². The predicted octanol–water partition coefficient (Wildman–Crippen LogP) is 2.88. The van der Waals surface area contributed by atoms with Crippen molar-refractivity contribution in [3.05, 3.63) is 62.3 Å². The van der Waals surface area contributed by atoms with Gasteiger partial charge in [-0.2, -0.15) is 5.26 Å². The van der Waals surface area contributed by atoms with Crippen LogP contribution in [0.4, 0.5) is 5.00 Å². The van der Waals surface area contributed by atoms with Crippen molar-refractivity contribution < 1.29 is 14.0 Å². The first-order valence-corrected chi connectivity index (χ1v) is 9.43. The summed E-state index contributed by atoms with van der Waals surface area (Å²) in [7, 11) is 0. The molecule has 3 heterocycles. The number of amides is 2. The third-order valence-electron chi connectivity index (χ3n) is 4.77. The molecule has 140 valence electrons. The van der Waals surface area contributed by atoms with Crippen molar-refractivity contribution in [2.45, 2.75) is 19.9 Å². The van der Waals surface area contributed by atoms with E-state index in [-0.39, 0.29) is 11.5 Å². The van der Waals surface area contributed by atoms with Crippen molar-refractivity contribution >= 4 is 39.1 Å². The van der Waals surface area contributed by atoms with E-state index >= 15 is 0 Å². The molecular formula is C20H15N3O4S. The number of nitriles is 1. The van der Waals surface area contributed by atoms with Crippen LogP contribution in [0.3, 0.4) is 0 Å². The molecule has 0 unspecified atom stereocenters. The van der Waals surface area contributed by atoms with Gasteiger partial charge in [0.05, 0.1) is 17.5 Å². The number of anilines is 1. The molecule has 28 heavy (non-hydrogen) atoms. The molecule has 3 aromatic rings. The zero-order valence-corrected chi connectivity index (χ0v) is 15.8. The topological polar surface area (TPSA) is 103 Å². The standard InChI is InChI=1S/C20H15N3O4S/c1-11(24)23-7-6-12-14(8-21)20(28-17(12)9-23)22-19(26)15-10-27-16-5-3-2-4-13(16)18(15)25/h2-5,10H,6-7,9H2,1H3,(H,22,26). The zero-order valence-electron chi connectivity index (χ0n) is 14.9. The number of nitrogens with zero attached hydrogens (tertiary/aromatic N) is 2. The van der Waals surface area contributed by atoms with Gasteiger partial charge < -0.3 is 14.6 Å². The highest BCUT2D eigenvalue weighted by Gasteiger charge is 2.27. The molecule has 0 saturated heterocycles. The Kier molecular flexibility index (Phi) is 4.45. The van der Waals surface area contributed by atoms with E-state index in [0.717, 1.165) is 16.7 Å². The molecule has 2 aromatic heterocycles. The Morgan fingerprint density at radius 2 is 2.11 bits per heavy atom. The number of hydrogen-bond donors (Lipinski definition) is 1. The molecular weight excluding hydrogens is 378 g/mol. The highest BCUT2D eigenvalue weighted by atomic mass is 32.1. The van der Waals surface area contributed by atoms with Crippen LogP contribution >= 0.6 is 11.3 Å². The average Bonchev–Trinajstić information content (AvgIpc) is 3.04. The lowest BCUT2D eigenvalue weighted by Gasteiger charge is -2.25. The number of rotatable bonds is 2. The minimum absolute atomic E-state index is 0.0306. The van der Waals surface area contributed by atoms with Crippen molar-refractivity contribution in [3.8, 4) is 6.07 Å². The highest BCUT2D eigenvalue weighted by Crippen LogP contribution is 2.36. The number of thiophene rings is 1. The first kappa shape index (κ1) is 17.9. The van der Waals surface area contributed by atoms with Gasteiger partial charge in [0, 0.05) is 18.3 Å². The van der Waals surface area contributed by atoms with Crippen LogP contribution in [-0.4, -0.2) is 23.3 Å². The van der Waals surface area contributed by atoms with Crippen molar-refractivity contribution in [1.29, 1.82) is 5.26 Å². The Hall–Kier alpha value is -3.44.